The molecule has 0 saturated carbocycles. The highest BCUT2D eigenvalue weighted by molar-refractivity contribution is 5.85. The Hall–Kier alpha value is -1.01. The molecule has 28 heavy (non-hydrogen) atoms. The molecule has 1 aromatic rings. The second kappa shape index (κ2) is 10.7. The van der Waals surface area contributed by atoms with Gasteiger partial charge in [-0.1, -0.05) is 18.2 Å². The molecule has 1 spiro atoms. The SMILES string of the molecule is Cl.Cl.O=C(CCN1CCN(c2ccccc2)CC1)N1CCC2(CCNC2)CC1. The molecule has 5 nitrogen and oxygen atoms in total. The van der Waals surface area contributed by atoms with Crippen molar-refractivity contribution in [3.63, 3.8) is 0 Å². The van der Waals surface area contributed by atoms with Gasteiger partial charge in [-0.3, -0.25) is 9.69 Å². The fourth-order valence-electron chi connectivity index (χ4n) is 4.73. The number of rotatable bonds is 4. The van der Waals surface area contributed by atoms with E-state index in [0.717, 1.165) is 58.9 Å². The van der Waals surface area contributed by atoms with Crippen molar-refractivity contribution in [2.24, 2.45) is 5.41 Å². The van der Waals surface area contributed by atoms with Crippen LogP contribution in [0, 0.1) is 5.41 Å². The van der Waals surface area contributed by atoms with Gasteiger partial charge in [0.05, 0.1) is 0 Å². The van der Waals surface area contributed by atoms with Gasteiger partial charge in [0, 0.05) is 64.5 Å². The van der Waals surface area contributed by atoms with Crippen molar-refractivity contribution in [1.29, 1.82) is 0 Å². The molecule has 7 heteroatoms. The topological polar surface area (TPSA) is 38.8 Å². The highest BCUT2D eigenvalue weighted by Gasteiger charge is 2.37. The van der Waals surface area contributed by atoms with Crippen LogP contribution < -0.4 is 10.2 Å². The molecule has 3 aliphatic heterocycles. The summed E-state index contributed by atoms with van der Waals surface area (Å²) in [6, 6.07) is 10.6. The molecule has 0 atom stereocenters. The zero-order chi connectivity index (χ0) is 17.8. The second-order valence-electron chi connectivity index (χ2n) is 8.22. The van der Waals surface area contributed by atoms with Crippen LogP contribution in [0.4, 0.5) is 5.69 Å². The van der Waals surface area contributed by atoms with E-state index < -0.39 is 0 Å². The van der Waals surface area contributed by atoms with Crippen molar-refractivity contribution >= 4 is 36.4 Å². The summed E-state index contributed by atoms with van der Waals surface area (Å²) < 4.78 is 0. The van der Waals surface area contributed by atoms with E-state index in [9.17, 15) is 4.79 Å². The molecule has 0 unspecified atom stereocenters. The monoisotopic (exact) mass is 428 g/mol. The van der Waals surface area contributed by atoms with E-state index in [1.165, 1.54) is 24.9 Å². The van der Waals surface area contributed by atoms with Crippen LogP contribution in [-0.2, 0) is 4.79 Å². The molecule has 4 rings (SSSR count). The van der Waals surface area contributed by atoms with Crippen LogP contribution in [0.15, 0.2) is 30.3 Å². The number of halogens is 2. The maximum atomic E-state index is 12.6. The Balaban J connectivity index is 0.00000140. The van der Waals surface area contributed by atoms with Gasteiger partial charge in [-0.15, -0.1) is 24.8 Å². The number of para-hydroxylation sites is 1. The highest BCUT2D eigenvalue weighted by Crippen LogP contribution is 2.36. The predicted octanol–water partition coefficient (Wildman–Crippen LogP) is 2.64. The van der Waals surface area contributed by atoms with E-state index in [1.54, 1.807) is 0 Å². The van der Waals surface area contributed by atoms with E-state index >= 15 is 0 Å². The molecule has 3 heterocycles. The van der Waals surface area contributed by atoms with Gasteiger partial charge in [-0.05, 0) is 43.4 Å². The fourth-order valence-corrected chi connectivity index (χ4v) is 4.73. The number of hydrogen-bond acceptors (Lipinski definition) is 4. The van der Waals surface area contributed by atoms with Crippen molar-refractivity contribution in [3.05, 3.63) is 30.3 Å². The first kappa shape index (κ1) is 23.3. The van der Waals surface area contributed by atoms with E-state index in [0.29, 0.717) is 17.7 Å². The first-order valence-electron chi connectivity index (χ1n) is 10.3. The molecule has 3 saturated heterocycles. The summed E-state index contributed by atoms with van der Waals surface area (Å²) in [4.78, 5) is 19.6. The van der Waals surface area contributed by atoms with Crippen LogP contribution in [0.25, 0.3) is 0 Å². The molecule has 158 valence electrons. The number of nitrogens with one attached hydrogen (secondary N) is 1. The van der Waals surface area contributed by atoms with Gasteiger partial charge in [0.15, 0.2) is 0 Å². The lowest BCUT2D eigenvalue weighted by Gasteiger charge is -2.39. The molecular weight excluding hydrogens is 395 g/mol. The van der Waals surface area contributed by atoms with Crippen LogP contribution in [-0.4, -0.2) is 74.6 Å². The van der Waals surface area contributed by atoms with E-state index in [-0.39, 0.29) is 24.8 Å². The fraction of sp³-hybridized carbons (Fsp3) is 0.667. The van der Waals surface area contributed by atoms with Crippen molar-refractivity contribution in [2.45, 2.75) is 25.7 Å². The van der Waals surface area contributed by atoms with Crippen LogP contribution in [0.1, 0.15) is 25.7 Å². The Bertz CT molecular complexity index is 592. The smallest absolute Gasteiger partial charge is 0.223 e. The summed E-state index contributed by atoms with van der Waals surface area (Å²) >= 11 is 0. The third-order valence-corrected chi connectivity index (χ3v) is 6.64. The second-order valence-corrected chi connectivity index (χ2v) is 8.22. The summed E-state index contributed by atoms with van der Waals surface area (Å²) in [5.41, 5.74) is 1.80. The largest absolute Gasteiger partial charge is 0.369 e. The minimum atomic E-state index is 0. The number of hydrogen-bond donors (Lipinski definition) is 1. The number of benzene rings is 1. The number of carbonyl (C=O) groups is 1. The first-order valence-corrected chi connectivity index (χ1v) is 10.3. The maximum absolute atomic E-state index is 12.6. The maximum Gasteiger partial charge on any atom is 0.223 e. The average Bonchev–Trinajstić information content (AvgIpc) is 3.16. The van der Waals surface area contributed by atoms with Crippen LogP contribution in [0.2, 0.25) is 0 Å². The minimum Gasteiger partial charge on any atom is -0.369 e. The molecule has 0 bridgehead atoms. The van der Waals surface area contributed by atoms with Crippen molar-refractivity contribution in [3.8, 4) is 0 Å². The number of amides is 1. The van der Waals surface area contributed by atoms with Crippen molar-refractivity contribution in [1.82, 2.24) is 15.1 Å². The van der Waals surface area contributed by atoms with Crippen molar-refractivity contribution in [2.75, 3.05) is 63.8 Å². The molecule has 3 fully saturated rings. The van der Waals surface area contributed by atoms with E-state index in [4.69, 9.17) is 0 Å². The number of nitrogens with zero attached hydrogens (tertiary/aromatic N) is 3. The third kappa shape index (κ3) is 5.53. The van der Waals surface area contributed by atoms with Gasteiger partial charge in [0.1, 0.15) is 0 Å². The normalized spacial score (nSPS) is 21.9. The third-order valence-electron chi connectivity index (χ3n) is 6.64. The molecule has 0 aromatic heterocycles. The minimum absolute atomic E-state index is 0. The Morgan fingerprint density at radius 1 is 0.929 bits per heavy atom. The van der Waals surface area contributed by atoms with Gasteiger partial charge in [0.25, 0.3) is 0 Å². The van der Waals surface area contributed by atoms with Gasteiger partial charge in [0.2, 0.25) is 5.91 Å². The Morgan fingerprint density at radius 2 is 1.61 bits per heavy atom. The van der Waals surface area contributed by atoms with Crippen LogP contribution in [0.5, 0.6) is 0 Å². The lowest BCUT2D eigenvalue weighted by atomic mass is 9.78. The summed E-state index contributed by atoms with van der Waals surface area (Å²) in [5.74, 6) is 0.358. The Morgan fingerprint density at radius 3 is 2.21 bits per heavy atom. The highest BCUT2D eigenvalue weighted by atomic mass is 35.5. The summed E-state index contributed by atoms with van der Waals surface area (Å²) in [6.45, 7) is 9.35. The number of carbonyl (C=O) groups excluding carboxylic acids is 1. The quantitative estimate of drug-likeness (QED) is 0.799. The van der Waals surface area contributed by atoms with Crippen LogP contribution >= 0.6 is 24.8 Å². The van der Waals surface area contributed by atoms with Gasteiger partial charge in [-0.2, -0.15) is 0 Å². The first-order chi connectivity index (χ1) is 12.7. The number of piperazine rings is 1. The lowest BCUT2D eigenvalue weighted by Crippen LogP contribution is -2.48. The van der Waals surface area contributed by atoms with Gasteiger partial charge >= 0.3 is 0 Å². The number of piperidine rings is 1. The summed E-state index contributed by atoms with van der Waals surface area (Å²) in [6.07, 6.45) is 4.33. The van der Waals surface area contributed by atoms with E-state index in [2.05, 4.69) is 50.3 Å². The summed E-state index contributed by atoms with van der Waals surface area (Å²) in [5, 5.41) is 3.50. The molecular formula is C21H34Cl2N4O. The molecule has 1 aromatic carbocycles. The number of likely N-dealkylation sites (tertiary alicyclic amines) is 1. The molecule has 1 N–H and O–H groups in total. The zero-order valence-corrected chi connectivity index (χ0v) is 18.3. The van der Waals surface area contributed by atoms with Crippen LogP contribution in [0.3, 0.4) is 0 Å². The standard InChI is InChI=1S/C21H32N4O.2ClH/c26-20(25-12-8-21(9-13-25)7-10-22-18-21)6-11-23-14-16-24(17-15-23)19-4-2-1-3-5-19;;/h1-5,22H,6-18H2;2*1H. The Kier molecular flexibility index (Phi) is 8.87. The molecule has 1 amide bonds. The molecule has 3 aliphatic rings. The van der Waals surface area contributed by atoms with E-state index in [1.807, 2.05) is 0 Å². The molecule has 0 aliphatic carbocycles. The summed E-state index contributed by atoms with van der Waals surface area (Å²) in [7, 11) is 0. The van der Waals surface area contributed by atoms with Gasteiger partial charge in [-0.25, -0.2) is 0 Å². The molecule has 0 radical (unpaired) electrons. The zero-order valence-electron chi connectivity index (χ0n) is 16.6. The van der Waals surface area contributed by atoms with Crippen molar-refractivity contribution < 1.29 is 4.79 Å². The predicted molar refractivity (Wildman–Crippen MR) is 120 cm³/mol. The number of anilines is 1. The Labute approximate surface area is 181 Å². The van der Waals surface area contributed by atoms with Gasteiger partial charge < -0.3 is 15.1 Å². The lowest BCUT2D eigenvalue weighted by molar-refractivity contribution is -0.133. The average molecular weight is 429 g/mol.